The summed E-state index contributed by atoms with van der Waals surface area (Å²) in [6.45, 7) is 1.65. The molecule has 4 rings (SSSR count). The molecule has 1 N–H and O–H groups in total. The number of aromatic nitrogens is 3. The average molecular weight is 448 g/mol. The largest absolute Gasteiger partial charge is 0.378 e. The standard InChI is InChI=1S/C19H18ClN5O4S/c1-30(28)18-21-11-12-10-14(13-4-2-3-5-15(13)20)17(26)25(16(12)22-18)23-19(27)24-6-8-29-9-7-24/h2-5,10-11H,6-9H2,1H3,(H,23,27). The lowest BCUT2D eigenvalue weighted by Crippen LogP contribution is -2.47. The molecule has 2 amide bonds. The van der Waals surface area contributed by atoms with Gasteiger partial charge in [-0.3, -0.25) is 9.00 Å². The summed E-state index contributed by atoms with van der Waals surface area (Å²) < 4.78 is 18.2. The first-order valence-electron chi connectivity index (χ1n) is 9.10. The number of carbonyl (C=O) groups excluding carboxylic acids is 1. The molecule has 3 heterocycles. The zero-order chi connectivity index (χ0) is 21.3. The summed E-state index contributed by atoms with van der Waals surface area (Å²) in [7, 11) is -1.46. The number of amides is 2. The Bertz CT molecular complexity index is 1210. The number of ether oxygens (including phenoxy) is 1. The van der Waals surface area contributed by atoms with Crippen molar-refractivity contribution in [2.75, 3.05) is 38.0 Å². The number of fused-ring (bicyclic) bond motifs is 1. The van der Waals surface area contributed by atoms with Crippen molar-refractivity contribution in [1.82, 2.24) is 19.5 Å². The fourth-order valence-electron chi connectivity index (χ4n) is 3.13. The molecule has 0 aliphatic carbocycles. The van der Waals surface area contributed by atoms with Crippen LogP contribution >= 0.6 is 11.6 Å². The lowest BCUT2D eigenvalue weighted by Gasteiger charge is -2.27. The smallest absolute Gasteiger partial charge is 0.336 e. The molecule has 2 aromatic heterocycles. The van der Waals surface area contributed by atoms with Crippen LogP contribution in [0.25, 0.3) is 22.2 Å². The number of nitrogens with one attached hydrogen (secondary N) is 1. The lowest BCUT2D eigenvalue weighted by atomic mass is 10.1. The molecule has 11 heteroatoms. The number of morpholine rings is 1. The first-order chi connectivity index (χ1) is 14.5. The highest BCUT2D eigenvalue weighted by Gasteiger charge is 2.21. The Kier molecular flexibility index (Phi) is 5.80. The number of carbonyl (C=O) groups is 1. The van der Waals surface area contributed by atoms with Gasteiger partial charge in [-0.25, -0.2) is 20.2 Å². The number of urea groups is 1. The summed E-state index contributed by atoms with van der Waals surface area (Å²) in [4.78, 5) is 36.0. The van der Waals surface area contributed by atoms with Gasteiger partial charge in [0, 0.05) is 41.5 Å². The van der Waals surface area contributed by atoms with Gasteiger partial charge in [0.2, 0.25) is 5.16 Å². The van der Waals surface area contributed by atoms with Crippen molar-refractivity contribution in [3.05, 3.63) is 51.9 Å². The van der Waals surface area contributed by atoms with Crippen LogP contribution in [0.3, 0.4) is 0 Å². The zero-order valence-corrected chi connectivity index (χ0v) is 17.6. The molecule has 30 heavy (non-hydrogen) atoms. The van der Waals surface area contributed by atoms with E-state index >= 15 is 0 Å². The number of hydrogen-bond acceptors (Lipinski definition) is 6. The summed E-state index contributed by atoms with van der Waals surface area (Å²) in [5, 5.41) is 0.940. The van der Waals surface area contributed by atoms with Gasteiger partial charge in [-0.05, 0) is 12.1 Å². The number of nitrogens with zero attached hydrogens (tertiary/aromatic N) is 4. The van der Waals surface area contributed by atoms with Crippen molar-refractivity contribution in [2.24, 2.45) is 0 Å². The Morgan fingerprint density at radius 2 is 1.97 bits per heavy atom. The highest BCUT2D eigenvalue weighted by Crippen LogP contribution is 2.27. The highest BCUT2D eigenvalue weighted by atomic mass is 35.5. The third kappa shape index (κ3) is 3.93. The minimum atomic E-state index is -1.46. The summed E-state index contributed by atoms with van der Waals surface area (Å²) in [6, 6.07) is 8.07. The maximum Gasteiger partial charge on any atom is 0.336 e. The number of benzene rings is 1. The monoisotopic (exact) mass is 447 g/mol. The first-order valence-corrected chi connectivity index (χ1v) is 11.0. The first kappa shape index (κ1) is 20.5. The Morgan fingerprint density at radius 3 is 2.67 bits per heavy atom. The van der Waals surface area contributed by atoms with Crippen LogP contribution in [0.1, 0.15) is 0 Å². The average Bonchev–Trinajstić information content (AvgIpc) is 2.76. The molecule has 9 nitrogen and oxygen atoms in total. The summed E-state index contributed by atoms with van der Waals surface area (Å²) >= 11 is 6.30. The van der Waals surface area contributed by atoms with Gasteiger partial charge in [-0.2, -0.15) is 4.68 Å². The van der Waals surface area contributed by atoms with Crippen LogP contribution in [0, 0.1) is 0 Å². The molecular weight excluding hydrogens is 430 g/mol. The summed E-state index contributed by atoms with van der Waals surface area (Å²) in [5.41, 5.74) is 3.06. The molecule has 1 aliphatic rings. The highest BCUT2D eigenvalue weighted by molar-refractivity contribution is 7.84. The van der Waals surface area contributed by atoms with E-state index in [1.807, 2.05) is 0 Å². The Hall–Kier alpha value is -2.82. The Balaban J connectivity index is 1.89. The van der Waals surface area contributed by atoms with E-state index in [2.05, 4.69) is 15.4 Å². The van der Waals surface area contributed by atoms with E-state index in [4.69, 9.17) is 16.3 Å². The van der Waals surface area contributed by atoms with Crippen molar-refractivity contribution >= 4 is 39.5 Å². The quantitative estimate of drug-likeness (QED) is 0.614. The number of halogens is 1. The van der Waals surface area contributed by atoms with E-state index in [0.29, 0.717) is 42.3 Å². The van der Waals surface area contributed by atoms with Crippen molar-refractivity contribution < 1.29 is 13.7 Å². The predicted molar refractivity (Wildman–Crippen MR) is 114 cm³/mol. The molecule has 0 saturated carbocycles. The SMILES string of the molecule is CS(=O)c1ncc2cc(-c3ccccc3Cl)c(=O)n(NC(=O)N3CCOCC3)c2n1. The molecule has 1 fully saturated rings. The number of pyridine rings is 1. The van der Waals surface area contributed by atoms with Crippen LogP contribution in [0.15, 0.2) is 46.5 Å². The molecule has 0 spiro atoms. The van der Waals surface area contributed by atoms with E-state index in [0.717, 1.165) is 4.68 Å². The molecular formula is C19H18ClN5O4S. The minimum Gasteiger partial charge on any atom is -0.378 e. The van der Waals surface area contributed by atoms with Crippen LogP contribution in [0.4, 0.5) is 4.79 Å². The fourth-order valence-corrected chi connectivity index (χ4v) is 3.78. The van der Waals surface area contributed by atoms with E-state index in [1.165, 1.54) is 12.5 Å². The van der Waals surface area contributed by atoms with E-state index in [9.17, 15) is 13.8 Å². The van der Waals surface area contributed by atoms with Crippen LogP contribution in [-0.4, -0.2) is 62.3 Å². The molecule has 1 unspecified atom stereocenters. The van der Waals surface area contributed by atoms with Crippen LogP contribution in [0.5, 0.6) is 0 Å². The van der Waals surface area contributed by atoms with Gasteiger partial charge < -0.3 is 9.64 Å². The van der Waals surface area contributed by atoms with Gasteiger partial charge in [0.25, 0.3) is 5.56 Å². The van der Waals surface area contributed by atoms with Crippen LogP contribution < -0.4 is 11.0 Å². The molecule has 1 aromatic carbocycles. The molecule has 1 atom stereocenters. The zero-order valence-electron chi connectivity index (χ0n) is 16.0. The van der Waals surface area contributed by atoms with E-state index in [-0.39, 0.29) is 16.4 Å². The molecule has 0 bridgehead atoms. The number of rotatable bonds is 3. The molecule has 3 aromatic rings. The van der Waals surface area contributed by atoms with Crippen LogP contribution in [-0.2, 0) is 15.5 Å². The second-order valence-electron chi connectivity index (χ2n) is 6.58. The minimum absolute atomic E-state index is 0.0572. The molecule has 1 aliphatic heterocycles. The van der Waals surface area contributed by atoms with Gasteiger partial charge in [0.05, 0.1) is 29.6 Å². The second kappa shape index (κ2) is 8.50. The Morgan fingerprint density at radius 1 is 1.23 bits per heavy atom. The van der Waals surface area contributed by atoms with Gasteiger partial charge >= 0.3 is 6.03 Å². The van der Waals surface area contributed by atoms with Gasteiger partial charge in [0.15, 0.2) is 5.65 Å². The maximum absolute atomic E-state index is 13.3. The lowest BCUT2D eigenvalue weighted by molar-refractivity contribution is 0.0558. The second-order valence-corrected chi connectivity index (χ2v) is 8.26. The van der Waals surface area contributed by atoms with Crippen molar-refractivity contribution in [3.8, 4) is 11.1 Å². The van der Waals surface area contributed by atoms with Gasteiger partial charge in [-0.1, -0.05) is 29.8 Å². The fraction of sp³-hybridized carbons (Fsp3) is 0.263. The van der Waals surface area contributed by atoms with Gasteiger partial charge in [0.1, 0.15) is 0 Å². The maximum atomic E-state index is 13.3. The van der Waals surface area contributed by atoms with Crippen molar-refractivity contribution in [2.45, 2.75) is 5.16 Å². The van der Waals surface area contributed by atoms with E-state index < -0.39 is 22.4 Å². The van der Waals surface area contributed by atoms with Crippen LogP contribution in [0.2, 0.25) is 5.02 Å². The summed E-state index contributed by atoms with van der Waals surface area (Å²) in [6.07, 6.45) is 2.91. The topological polar surface area (TPSA) is 106 Å². The molecule has 0 radical (unpaired) electrons. The third-order valence-electron chi connectivity index (χ3n) is 4.65. The van der Waals surface area contributed by atoms with E-state index in [1.54, 1.807) is 35.2 Å². The number of hydrogen-bond donors (Lipinski definition) is 1. The molecule has 156 valence electrons. The van der Waals surface area contributed by atoms with Crippen molar-refractivity contribution in [1.29, 1.82) is 0 Å². The van der Waals surface area contributed by atoms with Crippen molar-refractivity contribution in [3.63, 3.8) is 0 Å². The predicted octanol–water partition coefficient (Wildman–Crippen LogP) is 1.84. The Labute approximate surface area is 179 Å². The normalized spacial score (nSPS) is 15.2. The molecule has 1 saturated heterocycles. The van der Waals surface area contributed by atoms with Gasteiger partial charge in [-0.15, -0.1) is 0 Å². The third-order valence-corrected chi connectivity index (χ3v) is 5.69. The summed E-state index contributed by atoms with van der Waals surface area (Å²) in [5.74, 6) is 0.